The largest absolute Gasteiger partial charge is 0.493 e. The van der Waals surface area contributed by atoms with Crippen molar-refractivity contribution < 1.29 is 28.7 Å². The minimum absolute atomic E-state index is 0.187. The molecule has 4 rings (SSSR count). The Morgan fingerprint density at radius 1 is 1.03 bits per heavy atom. The van der Waals surface area contributed by atoms with Crippen molar-refractivity contribution in [2.45, 2.75) is 6.92 Å². The van der Waals surface area contributed by atoms with Crippen LogP contribution in [0.2, 0.25) is 0 Å². The molecule has 0 spiro atoms. The smallest absolute Gasteiger partial charge is 0.293 e. The molecule has 0 saturated carbocycles. The van der Waals surface area contributed by atoms with Crippen LogP contribution >= 0.6 is 27.7 Å². The number of anilines is 1. The molecule has 1 N–H and O–H groups in total. The number of carbonyl (C=O) groups excluding carboxylic acids is 4. The molecule has 3 amide bonds. The highest BCUT2D eigenvalue weighted by molar-refractivity contribution is 9.10. The van der Waals surface area contributed by atoms with Crippen molar-refractivity contribution in [2.75, 3.05) is 25.6 Å². The number of imide groups is 1. The van der Waals surface area contributed by atoms with E-state index in [2.05, 4.69) is 21.2 Å². The van der Waals surface area contributed by atoms with Gasteiger partial charge in [-0.2, -0.15) is 0 Å². The van der Waals surface area contributed by atoms with E-state index in [1.807, 2.05) is 25.1 Å². The molecule has 1 aliphatic heterocycles. The lowest BCUT2D eigenvalue weighted by atomic mass is 10.1. The van der Waals surface area contributed by atoms with E-state index in [1.54, 1.807) is 54.6 Å². The average molecular weight is 595 g/mol. The number of ether oxygens (including phenoxy) is 2. The molecular weight excluding hydrogens is 572 g/mol. The molecule has 0 radical (unpaired) electrons. The summed E-state index contributed by atoms with van der Waals surface area (Å²) in [5.41, 5.74) is 2.69. The number of ketones is 1. The van der Waals surface area contributed by atoms with Crippen molar-refractivity contribution in [3.05, 3.63) is 92.8 Å². The van der Waals surface area contributed by atoms with Crippen LogP contribution in [0.25, 0.3) is 6.08 Å². The molecule has 3 aromatic rings. The number of hydrogen-bond acceptors (Lipinski definition) is 7. The Morgan fingerprint density at radius 2 is 1.79 bits per heavy atom. The Hall–Kier alpha value is -3.89. The minimum atomic E-state index is -0.544. The zero-order valence-electron chi connectivity index (χ0n) is 20.5. The molecule has 1 saturated heterocycles. The third kappa shape index (κ3) is 6.70. The van der Waals surface area contributed by atoms with Crippen LogP contribution in [0.4, 0.5) is 10.5 Å². The lowest BCUT2D eigenvalue weighted by molar-refractivity contribution is -0.122. The Labute approximate surface area is 232 Å². The minimum Gasteiger partial charge on any atom is -0.493 e. The number of amides is 3. The van der Waals surface area contributed by atoms with Gasteiger partial charge >= 0.3 is 0 Å². The second-order valence-electron chi connectivity index (χ2n) is 8.31. The molecule has 38 heavy (non-hydrogen) atoms. The van der Waals surface area contributed by atoms with Gasteiger partial charge in [0.2, 0.25) is 0 Å². The van der Waals surface area contributed by atoms with Crippen LogP contribution in [-0.2, 0) is 9.59 Å². The summed E-state index contributed by atoms with van der Waals surface area (Å²) in [6, 6.07) is 19.1. The Bertz CT molecular complexity index is 1440. The highest BCUT2D eigenvalue weighted by Crippen LogP contribution is 2.34. The maximum atomic E-state index is 12.9. The lowest BCUT2D eigenvalue weighted by Crippen LogP contribution is -2.33. The lowest BCUT2D eigenvalue weighted by Gasteiger charge is -2.12. The second-order valence-corrected chi connectivity index (χ2v) is 10.2. The van der Waals surface area contributed by atoms with Crippen molar-refractivity contribution in [3.8, 4) is 11.5 Å². The topological polar surface area (TPSA) is 102 Å². The highest BCUT2D eigenvalue weighted by atomic mass is 79.9. The van der Waals surface area contributed by atoms with Gasteiger partial charge in [-0.25, -0.2) is 0 Å². The summed E-state index contributed by atoms with van der Waals surface area (Å²) in [6.07, 6.45) is 1.55. The summed E-state index contributed by atoms with van der Waals surface area (Å²) in [7, 11) is 1.46. The van der Waals surface area contributed by atoms with E-state index in [-0.39, 0.29) is 29.7 Å². The molecule has 1 aliphatic rings. The molecule has 0 aliphatic carbocycles. The van der Waals surface area contributed by atoms with Gasteiger partial charge in [-0.05, 0) is 72.3 Å². The highest BCUT2D eigenvalue weighted by Gasteiger charge is 2.36. The summed E-state index contributed by atoms with van der Waals surface area (Å²) in [5.74, 6) is -0.509. The fraction of sp³-hybridized carbons (Fsp3) is 0.143. The molecule has 0 bridgehead atoms. The number of thioether (sulfide) groups is 1. The molecule has 194 valence electrons. The predicted octanol–water partition coefficient (Wildman–Crippen LogP) is 5.70. The van der Waals surface area contributed by atoms with E-state index in [0.717, 1.165) is 26.7 Å². The van der Waals surface area contributed by atoms with Gasteiger partial charge in [-0.3, -0.25) is 24.1 Å². The first-order valence-corrected chi connectivity index (χ1v) is 13.1. The van der Waals surface area contributed by atoms with E-state index in [1.165, 1.54) is 7.11 Å². The zero-order chi connectivity index (χ0) is 27.2. The molecule has 10 heteroatoms. The first kappa shape index (κ1) is 27.2. The fourth-order valence-electron chi connectivity index (χ4n) is 3.61. The van der Waals surface area contributed by atoms with Crippen molar-refractivity contribution in [3.63, 3.8) is 0 Å². The van der Waals surface area contributed by atoms with Crippen molar-refractivity contribution in [1.82, 2.24) is 4.90 Å². The van der Waals surface area contributed by atoms with Crippen LogP contribution in [-0.4, -0.2) is 48.0 Å². The first-order valence-electron chi connectivity index (χ1n) is 11.4. The number of methoxy groups -OCH3 is 1. The van der Waals surface area contributed by atoms with Gasteiger partial charge in [-0.1, -0.05) is 46.3 Å². The van der Waals surface area contributed by atoms with E-state index >= 15 is 0 Å². The van der Waals surface area contributed by atoms with Gasteiger partial charge in [0, 0.05) is 15.7 Å². The number of Topliss-reactive ketones (excluding diaryl/α,β-unsaturated/α-hetero) is 1. The summed E-state index contributed by atoms with van der Waals surface area (Å²) < 4.78 is 11.8. The molecule has 0 atom stereocenters. The van der Waals surface area contributed by atoms with E-state index < -0.39 is 11.1 Å². The molecule has 0 unspecified atom stereocenters. The maximum absolute atomic E-state index is 12.9. The van der Waals surface area contributed by atoms with Crippen LogP contribution in [0.15, 0.2) is 76.1 Å². The van der Waals surface area contributed by atoms with Crippen LogP contribution in [0.5, 0.6) is 11.5 Å². The maximum Gasteiger partial charge on any atom is 0.293 e. The molecule has 0 aromatic heterocycles. The van der Waals surface area contributed by atoms with E-state index in [9.17, 15) is 19.2 Å². The number of nitrogens with one attached hydrogen (secondary N) is 1. The van der Waals surface area contributed by atoms with Gasteiger partial charge in [0.25, 0.3) is 17.1 Å². The quantitative estimate of drug-likeness (QED) is 0.250. The predicted molar refractivity (Wildman–Crippen MR) is 149 cm³/mol. The molecule has 8 nitrogen and oxygen atoms in total. The molecule has 1 fully saturated rings. The van der Waals surface area contributed by atoms with Crippen LogP contribution in [0.1, 0.15) is 21.5 Å². The average Bonchev–Trinajstić information content (AvgIpc) is 3.15. The first-order chi connectivity index (χ1) is 18.2. The number of aryl methyl sites for hydroxylation is 1. The summed E-state index contributed by atoms with van der Waals surface area (Å²) in [6.45, 7) is 1.36. The van der Waals surface area contributed by atoms with E-state index in [4.69, 9.17) is 9.47 Å². The van der Waals surface area contributed by atoms with Crippen LogP contribution < -0.4 is 14.8 Å². The van der Waals surface area contributed by atoms with Gasteiger partial charge < -0.3 is 14.8 Å². The number of halogens is 1. The second kappa shape index (κ2) is 12.1. The number of rotatable bonds is 9. The number of hydrogen-bond donors (Lipinski definition) is 1. The van der Waals surface area contributed by atoms with Crippen molar-refractivity contribution in [2.24, 2.45) is 0 Å². The van der Waals surface area contributed by atoms with Gasteiger partial charge in [0.05, 0.1) is 18.6 Å². The fourth-order valence-corrected chi connectivity index (χ4v) is 4.72. The number of nitrogens with zero attached hydrogens (tertiary/aromatic N) is 1. The number of benzene rings is 3. The zero-order valence-corrected chi connectivity index (χ0v) is 22.9. The van der Waals surface area contributed by atoms with Crippen molar-refractivity contribution >= 4 is 62.3 Å². The number of carbonyl (C=O) groups is 4. The Morgan fingerprint density at radius 3 is 2.50 bits per heavy atom. The molecule has 3 aromatic carbocycles. The van der Waals surface area contributed by atoms with E-state index in [0.29, 0.717) is 28.3 Å². The van der Waals surface area contributed by atoms with Gasteiger partial charge in [-0.15, -0.1) is 0 Å². The normalized spacial score (nSPS) is 14.1. The third-order valence-corrected chi connectivity index (χ3v) is 6.92. The Kier molecular flexibility index (Phi) is 8.65. The monoisotopic (exact) mass is 594 g/mol. The van der Waals surface area contributed by atoms with Crippen molar-refractivity contribution in [1.29, 1.82) is 0 Å². The molecular formula is C28H23BrN2O6S. The summed E-state index contributed by atoms with van der Waals surface area (Å²) in [5, 5.41) is 2.26. The standard InChI is InChI=1S/C28H23BrN2O6S/c1-17-4-3-5-21(12-17)30-26(33)16-37-23-11-6-18(13-24(23)36-2)14-25-27(34)31(28(35)38-25)15-22(32)19-7-9-20(29)10-8-19/h3-14H,15-16H2,1-2H3,(H,30,33)/b25-14+. The third-order valence-electron chi connectivity index (χ3n) is 5.49. The molecule has 1 heterocycles. The van der Waals surface area contributed by atoms with Crippen LogP contribution in [0, 0.1) is 6.92 Å². The summed E-state index contributed by atoms with van der Waals surface area (Å²) >= 11 is 4.07. The summed E-state index contributed by atoms with van der Waals surface area (Å²) in [4.78, 5) is 51.3. The SMILES string of the molecule is COc1cc(/C=C2/SC(=O)N(CC(=O)c3ccc(Br)cc3)C2=O)ccc1OCC(=O)Nc1cccc(C)c1. The Balaban J connectivity index is 1.41. The van der Waals surface area contributed by atoms with Gasteiger partial charge in [0.1, 0.15) is 0 Å². The van der Waals surface area contributed by atoms with Crippen LogP contribution in [0.3, 0.4) is 0 Å². The van der Waals surface area contributed by atoms with Gasteiger partial charge in [0.15, 0.2) is 23.9 Å².